The molecule has 1 unspecified atom stereocenters. The molecule has 0 bridgehead atoms. The first-order valence-corrected chi connectivity index (χ1v) is 6.53. The Bertz CT molecular complexity index is 577. The molecule has 0 aliphatic carbocycles. The van der Waals surface area contributed by atoms with E-state index < -0.39 is 12.0 Å². The SMILES string of the molecule is CCCn1c(CNC(C)C(=O)O)nc2ccccc21. The summed E-state index contributed by atoms with van der Waals surface area (Å²) < 4.78 is 2.15. The Labute approximate surface area is 112 Å². The van der Waals surface area contributed by atoms with Gasteiger partial charge in [-0.2, -0.15) is 0 Å². The number of aromatic nitrogens is 2. The Balaban J connectivity index is 2.26. The highest BCUT2D eigenvalue weighted by molar-refractivity contribution is 5.76. The van der Waals surface area contributed by atoms with Crippen LogP contribution in [0.4, 0.5) is 0 Å². The van der Waals surface area contributed by atoms with Crippen molar-refractivity contribution in [1.29, 1.82) is 0 Å². The van der Waals surface area contributed by atoms with Crippen LogP contribution in [0.5, 0.6) is 0 Å². The molecule has 2 N–H and O–H groups in total. The van der Waals surface area contributed by atoms with Crippen molar-refractivity contribution < 1.29 is 9.90 Å². The number of rotatable bonds is 6. The van der Waals surface area contributed by atoms with E-state index in [2.05, 4.69) is 21.8 Å². The van der Waals surface area contributed by atoms with Crippen LogP contribution in [0.3, 0.4) is 0 Å². The number of nitrogens with one attached hydrogen (secondary N) is 1. The van der Waals surface area contributed by atoms with Gasteiger partial charge in [0.15, 0.2) is 0 Å². The number of imidazole rings is 1. The smallest absolute Gasteiger partial charge is 0.320 e. The third-order valence-electron chi connectivity index (χ3n) is 3.12. The molecule has 5 nitrogen and oxygen atoms in total. The zero-order chi connectivity index (χ0) is 13.8. The number of aryl methyl sites for hydroxylation is 1. The normalized spacial score (nSPS) is 12.7. The Hall–Kier alpha value is -1.88. The summed E-state index contributed by atoms with van der Waals surface area (Å²) in [5.74, 6) is 0.0364. The molecule has 0 saturated heterocycles. The predicted octanol–water partition coefficient (Wildman–Crippen LogP) is 2.01. The van der Waals surface area contributed by atoms with Crippen LogP contribution in [-0.4, -0.2) is 26.7 Å². The first kappa shape index (κ1) is 13.5. The third kappa shape index (κ3) is 2.93. The standard InChI is InChI=1S/C14H19N3O2/c1-3-8-17-12-7-5-4-6-11(12)16-13(17)9-15-10(2)14(18)19/h4-7,10,15H,3,8-9H2,1-2H3,(H,18,19). The van der Waals surface area contributed by atoms with Gasteiger partial charge in [-0.1, -0.05) is 19.1 Å². The van der Waals surface area contributed by atoms with Gasteiger partial charge < -0.3 is 9.67 Å². The van der Waals surface area contributed by atoms with E-state index in [1.165, 1.54) is 0 Å². The number of hydrogen-bond donors (Lipinski definition) is 2. The summed E-state index contributed by atoms with van der Waals surface area (Å²) in [6.07, 6.45) is 1.02. The summed E-state index contributed by atoms with van der Waals surface area (Å²) in [5.41, 5.74) is 2.06. The molecule has 2 rings (SSSR count). The number of hydrogen-bond acceptors (Lipinski definition) is 3. The average molecular weight is 261 g/mol. The maximum absolute atomic E-state index is 10.8. The highest BCUT2D eigenvalue weighted by Gasteiger charge is 2.13. The minimum Gasteiger partial charge on any atom is -0.480 e. The lowest BCUT2D eigenvalue weighted by Gasteiger charge is -2.11. The molecule has 0 fully saturated rings. The second-order valence-corrected chi connectivity index (χ2v) is 4.61. The van der Waals surface area contributed by atoms with Crippen LogP contribution in [0, 0.1) is 0 Å². The molecule has 1 atom stereocenters. The summed E-state index contributed by atoms with van der Waals surface area (Å²) in [7, 11) is 0. The van der Waals surface area contributed by atoms with Crippen molar-refractivity contribution >= 4 is 17.0 Å². The van der Waals surface area contributed by atoms with Crippen LogP contribution in [0.2, 0.25) is 0 Å². The first-order chi connectivity index (χ1) is 9.13. The van der Waals surface area contributed by atoms with Crippen molar-refractivity contribution in [2.75, 3.05) is 0 Å². The van der Waals surface area contributed by atoms with Crippen LogP contribution in [0.1, 0.15) is 26.1 Å². The minimum absolute atomic E-state index is 0.460. The third-order valence-corrected chi connectivity index (χ3v) is 3.12. The molecular formula is C14H19N3O2. The fraction of sp³-hybridized carbons (Fsp3) is 0.429. The van der Waals surface area contributed by atoms with Gasteiger partial charge in [0.1, 0.15) is 11.9 Å². The van der Waals surface area contributed by atoms with Gasteiger partial charge in [0.05, 0.1) is 17.6 Å². The number of para-hydroxylation sites is 2. The minimum atomic E-state index is -0.849. The van der Waals surface area contributed by atoms with Crippen LogP contribution >= 0.6 is 0 Å². The molecule has 2 aromatic rings. The van der Waals surface area contributed by atoms with E-state index in [4.69, 9.17) is 5.11 Å². The zero-order valence-electron chi connectivity index (χ0n) is 11.3. The summed E-state index contributed by atoms with van der Waals surface area (Å²) in [5, 5.41) is 11.9. The van der Waals surface area contributed by atoms with Crippen molar-refractivity contribution in [1.82, 2.24) is 14.9 Å². The monoisotopic (exact) mass is 261 g/mol. The number of aliphatic carboxylic acids is 1. The molecule has 0 amide bonds. The largest absolute Gasteiger partial charge is 0.480 e. The highest BCUT2D eigenvalue weighted by atomic mass is 16.4. The van der Waals surface area contributed by atoms with Crippen molar-refractivity contribution in [3.05, 3.63) is 30.1 Å². The topological polar surface area (TPSA) is 67.2 Å². The summed E-state index contributed by atoms with van der Waals surface area (Å²) in [6.45, 7) is 5.10. The molecule has 0 radical (unpaired) electrons. The molecular weight excluding hydrogens is 242 g/mol. The van der Waals surface area contributed by atoms with Gasteiger partial charge >= 0.3 is 5.97 Å². The van der Waals surface area contributed by atoms with E-state index in [0.717, 1.165) is 29.8 Å². The van der Waals surface area contributed by atoms with E-state index in [-0.39, 0.29) is 0 Å². The Morgan fingerprint density at radius 2 is 2.21 bits per heavy atom. The molecule has 5 heteroatoms. The molecule has 19 heavy (non-hydrogen) atoms. The van der Waals surface area contributed by atoms with Gasteiger partial charge in [-0.3, -0.25) is 10.1 Å². The van der Waals surface area contributed by atoms with Crippen molar-refractivity contribution in [2.24, 2.45) is 0 Å². The van der Waals surface area contributed by atoms with Crippen molar-refractivity contribution in [3.63, 3.8) is 0 Å². The molecule has 0 aliphatic heterocycles. The van der Waals surface area contributed by atoms with E-state index in [1.807, 2.05) is 24.3 Å². The van der Waals surface area contributed by atoms with Gasteiger partial charge in [0, 0.05) is 6.54 Å². The van der Waals surface area contributed by atoms with Crippen LogP contribution in [0.25, 0.3) is 11.0 Å². The fourth-order valence-corrected chi connectivity index (χ4v) is 2.07. The number of fused-ring (bicyclic) bond motifs is 1. The predicted molar refractivity (Wildman–Crippen MR) is 74.0 cm³/mol. The van der Waals surface area contributed by atoms with Gasteiger partial charge in [-0.05, 0) is 25.5 Å². The zero-order valence-corrected chi connectivity index (χ0v) is 11.3. The second-order valence-electron chi connectivity index (χ2n) is 4.61. The molecule has 1 aromatic carbocycles. The Morgan fingerprint density at radius 1 is 1.47 bits per heavy atom. The number of benzene rings is 1. The Kier molecular flexibility index (Phi) is 4.16. The van der Waals surface area contributed by atoms with E-state index >= 15 is 0 Å². The quantitative estimate of drug-likeness (QED) is 0.834. The van der Waals surface area contributed by atoms with Crippen molar-refractivity contribution in [2.45, 2.75) is 39.4 Å². The molecule has 0 saturated carbocycles. The van der Waals surface area contributed by atoms with Gasteiger partial charge in [0.25, 0.3) is 0 Å². The first-order valence-electron chi connectivity index (χ1n) is 6.53. The molecule has 0 aliphatic rings. The van der Waals surface area contributed by atoms with Crippen molar-refractivity contribution in [3.8, 4) is 0 Å². The summed E-state index contributed by atoms with van der Waals surface area (Å²) >= 11 is 0. The van der Waals surface area contributed by atoms with Gasteiger partial charge in [-0.15, -0.1) is 0 Å². The summed E-state index contributed by atoms with van der Waals surface area (Å²) in [6, 6.07) is 7.40. The number of nitrogens with zero attached hydrogens (tertiary/aromatic N) is 2. The molecule has 1 aromatic heterocycles. The van der Waals surface area contributed by atoms with E-state index in [0.29, 0.717) is 6.54 Å². The van der Waals surface area contributed by atoms with E-state index in [1.54, 1.807) is 6.92 Å². The average Bonchev–Trinajstić information content (AvgIpc) is 2.75. The lowest BCUT2D eigenvalue weighted by atomic mass is 10.3. The van der Waals surface area contributed by atoms with E-state index in [9.17, 15) is 4.79 Å². The maximum atomic E-state index is 10.8. The van der Waals surface area contributed by atoms with Gasteiger partial charge in [0.2, 0.25) is 0 Å². The van der Waals surface area contributed by atoms with Crippen LogP contribution in [0.15, 0.2) is 24.3 Å². The Morgan fingerprint density at radius 3 is 2.89 bits per heavy atom. The lowest BCUT2D eigenvalue weighted by Crippen LogP contribution is -2.34. The highest BCUT2D eigenvalue weighted by Crippen LogP contribution is 2.16. The summed E-state index contributed by atoms with van der Waals surface area (Å²) in [4.78, 5) is 15.4. The second kappa shape index (κ2) is 5.84. The maximum Gasteiger partial charge on any atom is 0.320 e. The number of carboxylic acids is 1. The van der Waals surface area contributed by atoms with Crippen LogP contribution < -0.4 is 5.32 Å². The number of carboxylic acid groups (broad SMARTS) is 1. The molecule has 102 valence electrons. The molecule has 0 spiro atoms. The van der Waals surface area contributed by atoms with Gasteiger partial charge in [-0.25, -0.2) is 4.98 Å². The fourth-order valence-electron chi connectivity index (χ4n) is 2.07. The van der Waals surface area contributed by atoms with Crippen LogP contribution in [-0.2, 0) is 17.9 Å². The molecule has 1 heterocycles. The number of carbonyl (C=O) groups is 1. The lowest BCUT2D eigenvalue weighted by molar-refractivity contribution is -0.139.